The molecule has 0 spiro atoms. The van der Waals surface area contributed by atoms with Crippen molar-refractivity contribution in [2.75, 3.05) is 6.61 Å². The first-order chi connectivity index (χ1) is 8.61. The van der Waals surface area contributed by atoms with Crippen LogP contribution in [0.2, 0.25) is 0 Å². The molecular formula is C13H15N3O2. The Labute approximate surface area is 106 Å². The number of carbonyl (C=O) groups is 1. The Hall–Kier alpha value is -2.35. The van der Waals surface area contributed by atoms with Crippen LogP contribution in [0.25, 0.3) is 0 Å². The summed E-state index contributed by atoms with van der Waals surface area (Å²) >= 11 is 0. The zero-order valence-corrected chi connectivity index (χ0v) is 10.4. The summed E-state index contributed by atoms with van der Waals surface area (Å²) in [6.45, 7) is 3.81. The number of rotatable bonds is 5. The molecule has 1 N–H and O–H groups in total. The van der Waals surface area contributed by atoms with Crippen molar-refractivity contribution in [3.63, 3.8) is 0 Å². The van der Waals surface area contributed by atoms with E-state index < -0.39 is 0 Å². The van der Waals surface area contributed by atoms with Crippen LogP contribution < -0.4 is 10.2 Å². The average molecular weight is 245 g/mol. The first kappa shape index (κ1) is 13.7. The van der Waals surface area contributed by atoms with E-state index in [1.807, 2.05) is 19.9 Å². The van der Waals surface area contributed by atoms with Crippen LogP contribution in [-0.4, -0.2) is 18.7 Å². The summed E-state index contributed by atoms with van der Waals surface area (Å²) in [7, 11) is 0. The van der Waals surface area contributed by atoms with E-state index in [9.17, 15) is 4.79 Å². The Bertz CT molecular complexity index is 458. The number of benzene rings is 1. The molecule has 94 valence electrons. The SMILES string of the molecule is CC(C)/C=N/NC(=O)COc1ccc(C#N)cc1. The number of nitrogens with one attached hydrogen (secondary N) is 1. The molecule has 0 atom stereocenters. The second-order valence-electron chi connectivity index (χ2n) is 3.98. The molecule has 0 aromatic heterocycles. The normalized spacial score (nSPS) is 10.3. The summed E-state index contributed by atoms with van der Waals surface area (Å²) in [5.41, 5.74) is 2.91. The fraction of sp³-hybridized carbons (Fsp3) is 0.308. The van der Waals surface area contributed by atoms with Crippen molar-refractivity contribution in [2.45, 2.75) is 13.8 Å². The van der Waals surface area contributed by atoms with Gasteiger partial charge in [0.05, 0.1) is 11.6 Å². The molecule has 1 rings (SSSR count). The van der Waals surface area contributed by atoms with Gasteiger partial charge in [0.2, 0.25) is 0 Å². The number of ether oxygens (including phenoxy) is 1. The van der Waals surface area contributed by atoms with Gasteiger partial charge in [0.15, 0.2) is 6.61 Å². The zero-order chi connectivity index (χ0) is 13.4. The first-order valence-corrected chi connectivity index (χ1v) is 5.57. The van der Waals surface area contributed by atoms with E-state index in [0.717, 1.165) is 0 Å². The minimum Gasteiger partial charge on any atom is -0.484 e. The van der Waals surface area contributed by atoms with E-state index in [1.54, 1.807) is 30.5 Å². The van der Waals surface area contributed by atoms with Gasteiger partial charge in [-0.1, -0.05) is 13.8 Å². The van der Waals surface area contributed by atoms with Gasteiger partial charge >= 0.3 is 0 Å². The number of hydrogen-bond donors (Lipinski definition) is 1. The average Bonchev–Trinajstić information content (AvgIpc) is 2.36. The van der Waals surface area contributed by atoms with Crippen molar-refractivity contribution in [2.24, 2.45) is 11.0 Å². The number of nitrogens with zero attached hydrogens (tertiary/aromatic N) is 2. The van der Waals surface area contributed by atoms with Crippen LogP contribution in [-0.2, 0) is 4.79 Å². The van der Waals surface area contributed by atoms with Gasteiger partial charge < -0.3 is 4.74 Å². The van der Waals surface area contributed by atoms with Gasteiger partial charge in [-0.3, -0.25) is 4.79 Å². The van der Waals surface area contributed by atoms with Crippen LogP contribution in [0, 0.1) is 17.2 Å². The molecule has 18 heavy (non-hydrogen) atoms. The van der Waals surface area contributed by atoms with Crippen molar-refractivity contribution >= 4 is 12.1 Å². The molecule has 0 aliphatic heterocycles. The Balaban J connectivity index is 2.36. The molecule has 0 saturated heterocycles. The third kappa shape index (κ3) is 5.12. The van der Waals surface area contributed by atoms with Crippen LogP contribution in [0.3, 0.4) is 0 Å². The molecule has 1 aromatic rings. The molecule has 5 nitrogen and oxygen atoms in total. The van der Waals surface area contributed by atoms with Gasteiger partial charge in [-0.25, -0.2) is 5.43 Å². The van der Waals surface area contributed by atoms with Crippen molar-refractivity contribution in [3.05, 3.63) is 29.8 Å². The van der Waals surface area contributed by atoms with Crippen molar-refractivity contribution in [1.29, 1.82) is 5.26 Å². The van der Waals surface area contributed by atoms with Gasteiger partial charge in [0.1, 0.15) is 5.75 Å². The summed E-state index contributed by atoms with van der Waals surface area (Å²) in [4.78, 5) is 11.3. The molecule has 5 heteroatoms. The lowest BCUT2D eigenvalue weighted by Crippen LogP contribution is -2.24. The highest BCUT2D eigenvalue weighted by molar-refractivity contribution is 5.78. The molecule has 1 amide bonds. The number of carbonyl (C=O) groups excluding carboxylic acids is 1. The minimum absolute atomic E-state index is 0.110. The fourth-order valence-corrected chi connectivity index (χ4v) is 1.07. The highest BCUT2D eigenvalue weighted by atomic mass is 16.5. The van der Waals surface area contributed by atoms with Crippen LogP contribution >= 0.6 is 0 Å². The lowest BCUT2D eigenvalue weighted by Gasteiger charge is -2.04. The largest absolute Gasteiger partial charge is 0.484 e. The molecule has 0 radical (unpaired) electrons. The van der Waals surface area contributed by atoms with Crippen molar-refractivity contribution in [3.8, 4) is 11.8 Å². The summed E-state index contributed by atoms with van der Waals surface area (Å²) in [5.74, 6) is 0.498. The quantitative estimate of drug-likeness (QED) is 0.633. The standard InChI is InChI=1S/C13H15N3O2/c1-10(2)8-15-16-13(17)9-18-12-5-3-11(7-14)4-6-12/h3-6,8,10H,9H2,1-2H3,(H,16,17)/b15-8+. The predicted molar refractivity (Wildman–Crippen MR) is 68.1 cm³/mol. The maximum Gasteiger partial charge on any atom is 0.277 e. The second-order valence-corrected chi connectivity index (χ2v) is 3.98. The topological polar surface area (TPSA) is 74.5 Å². The van der Waals surface area contributed by atoms with Crippen LogP contribution in [0.5, 0.6) is 5.75 Å². The fourth-order valence-electron chi connectivity index (χ4n) is 1.07. The van der Waals surface area contributed by atoms with E-state index in [2.05, 4.69) is 10.5 Å². The molecule has 0 aliphatic carbocycles. The zero-order valence-electron chi connectivity index (χ0n) is 10.4. The summed E-state index contributed by atoms with van der Waals surface area (Å²) in [6.07, 6.45) is 1.64. The highest BCUT2D eigenvalue weighted by Gasteiger charge is 2.01. The maximum absolute atomic E-state index is 11.3. The lowest BCUT2D eigenvalue weighted by molar-refractivity contribution is -0.123. The smallest absolute Gasteiger partial charge is 0.277 e. The molecule has 0 aliphatic rings. The summed E-state index contributed by atoms with van der Waals surface area (Å²) < 4.78 is 5.23. The van der Waals surface area contributed by atoms with Gasteiger partial charge in [0, 0.05) is 6.21 Å². The van der Waals surface area contributed by atoms with Gasteiger partial charge in [0.25, 0.3) is 5.91 Å². The third-order valence-corrected chi connectivity index (χ3v) is 1.92. The minimum atomic E-state index is -0.323. The van der Waals surface area contributed by atoms with Gasteiger partial charge in [-0.05, 0) is 30.2 Å². The van der Waals surface area contributed by atoms with Crippen LogP contribution in [0.15, 0.2) is 29.4 Å². The van der Waals surface area contributed by atoms with Crippen LogP contribution in [0.4, 0.5) is 0 Å². The van der Waals surface area contributed by atoms with Crippen LogP contribution in [0.1, 0.15) is 19.4 Å². The molecule has 0 saturated carbocycles. The monoisotopic (exact) mass is 245 g/mol. The number of hydrazone groups is 1. The third-order valence-electron chi connectivity index (χ3n) is 1.92. The lowest BCUT2D eigenvalue weighted by atomic mass is 10.2. The van der Waals surface area contributed by atoms with Crippen molar-refractivity contribution < 1.29 is 9.53 Å². The Morgan fingerprint density at radius 3 is 2.72 bits per heavy atom. The molecular weight excluding hydrogens is 230 g/mol. The number of amides is 1. The molecule has 0 heterocycles. The van der Waals surface area contributed by atoms with E-state index in [-0.39, 0.29) is 18.4 Å². The van der Waals surface area contributed by atoms with Crippen molar-refractivity contribution in [1.82, 2.24) is 5.43 Å². The molecule has 1 aromatic carbocycles. The number of nitriles is 1. The maximum atomic E-state index is 11.3. The van der Waals surface area contributed by atoms with Gasteiger partial charge in [-0.15, -0.1) is 0 Å². The Morgan fingerprint density at radius 1 is 1.50 bits per heavy atom. The summed E-state index contributed by atoms with van der Waals surface area (Å²) in [5, 5.41) is 12.4. The Morgan fingerprint density at radius 2 is 2.17 bits per heavy atom. The molecule has 0 unspecified atom stereocenters. The van der Waals surface area contributed by atoms with E-state index in [4.69, 9.17) is 10.00 Å². The first-order valence-electron chi connectivity index (χ1n) is 5.57. The second kappa shape index (κ2) is 7.07. The molecule has 0 bridgehead atoms. The number of hydrogen-bond acceptors (Lipinski definition) is 4. The Kier molecular flexibility index (Phi) is 5.39. The highest BCUT2D eigenvalue weighted by Crippen LogP contribution is 2.10. The van der Waals surface area contributed by atoms with E-state index >= 15 is 0 Å². The van der Waals surface area contributed by atoms with Gasteiger partial charge in [-0.2, -0.15) is 10.4 Å². The summed E-state index contributed by atoms with van der Waals surface area (Å²) in [6, 6.07) is 8.55. The predicted octanol–water partition coefficient (Wildman–Crippen LogP) is 1.70. The molecule has 0 fully saturated rings. The van der Waals surface area contributed by atoms with E-state index in [1.165, 1.54) is 0 Å². The van der Waals surface area contributed by atoms with E-state index in [0.29, 0.717) is 11.3 Å².